The summed E-state index contributed by atoms with van der Waals surface area (Å²) < 4.78 is 0. The minimum atomic E-state index is 0. The van der Waals surface area contributed by atoms with Gasteiger partial charge in [0.1, 0.15) is 0 Å². The minimum absolute atomic E-state index is 0. The summed E-state index contributed by atoms with van der Waals surface area (Å²) >= 11 is 0. The van der Waals surface area contributed by atoms with Crippen LogP contribution in [0.1, 0.15) is 0 Å². The molecule has 0 aliphatic rings. The average molecular weight is 217 g/mol. The van der Waals surface area contributed by atoms with Crippen molar-refractivity contribution < 1.29 is 19.2 Å². The standard InChI is InChI=1S/4H3OSi.Si/c4*1-2;/h4*2H3;/q4*-1;+4. The first-order valence-electron chi connectivity index (χ1n) is 1.63. The second kappa shape index (κ2) is 656. The van der Waals surface area contributed by atoms with Crippen molar-refractivity contribution in [1.82, 2.24) is 0 Å². The van der Waals surface area contributed by atoms with E-state index in [0.29, 0.717) is 0 Å². The normalized spacial score (nSPS) is 4.00. The van der Waals surface area contributed by atoms with Crippen molar-refractivity contribution in [1.29, 1.82) is 0 Å². The van der Waals surface area contributed by atoms with Gasteiger partial charge in [0.15, 0.2) is 0 Å². The third kappa shape index (κ3) is 501. The Labute approximate surface area is 72.5 Å². The number of hydrogen-bond acceptors (Lipinski definition) is 4. The molecule has 0 aliphatic heterocycles. The van der Waals surface area contributed by atoms with Gasteiger partial charge in [0.05, 0.1) is 0 Å². The van der Waals surface area contributed by atoms with Gasteiger partial charge in [0, 0.05) is 0 Å². The van der Waals surface area contributed by atoms with Crippen molar-refractivity contribution in [3.63, 3.8) is 0 Å². The van der Waals surface area contributed by atoms with E-state index in [1.54, 1.807) is 0 Å². The average Bonchev–Trinajstić information content (AvgIpc) is 2.03. The van der Waals surface area contributed by atoms with Crippen molar-refractivity contribution in [2.24, 2.45) is 0 Å². The first-order valence-corrected chi connectivity index (χ1v) is 4.90. The molecular weight excluding hydrogens is 204 g/mol. The Bertz CT molecular complexity index is 8.92. The second-order valence-electron chi connectivity index (χ2n) is 0. The zero-order chi connectivity index (χ0) is 8.00. The van der Waals surface area contributed by atoms with Crippen molar-refractivity contribution in [3.8, 4) is 0 Å². The van der Waals surface area contributed by atoms with Crippen LogP contribution in [0.3, 0.4) is 0 Å². The molecule has 0 bridgehead atoms. The zero-order valence-electron chi connectivity index (χ0n) is 6.13. The van der Waals surface area contributed by atoms with E-state index >= 15 is 0 Å². The van der Waals surface area contributed by atoms with Gasteiger partial charge in [0.2, 0.25) is 0 Å². The minimum Gasteiger partial charge on any atom is -0.865 e. The molecule has 0 unspecified atom stereocenters. The van der Waals surface area contributed by atoms with Gasteiger partial charge in [0.25, 0.3) is 0 Å². The van der Waals surface area contributed by atoms with Crippen LogP contribution < -0.4 is 19.2 Å². The summed E-state index contributed by atoms with van der Waals surface area (Å²) in [6.07, 6.45) is 0. The van der Waals surface area contributed by atoms with Gasteiger partial charge in [-0.2, -0.15) is 0 Å². The molecular formula is H12O4Si5. The van der Waals surface area contributed by atoms with Crippen molar-refractivity contribution in [2.45, 2.75) is 0 Å². The van der Waals surface area contributed by atoms with Gasteiger partial charge in [-0.1, -0.05) is 41.9 Å². The van der Waals surface area contributed by atoms with Crippen LogP contribution >= 0.6 is 0 Å². The first kappa shape index (κ1) is 32.6. The summed E-state index contributed by atoms with van der Waals surface area (Å²) in [5.41, 5.74) is 0. The number of hydrogen-bond donors (Lipinski definition) is 0. The summed E-state index contributed by atoms with van der Waals surface area (Å²) in [7, 11) is 0.222. The molecule has 0 amide bonds. The molecule has 0 aliphatic carbocycles. The van der Waals surface area contributed by atoms with E-state index in [1.165, 1.54) is 0 Å². The summed E-state index contributed by atoms with van der Waals surface area (Å²) in [4.78, 5) is 33.6. The van der Waals surface area contributed by atoms with Gasteiger partial charge < -0.3 is 19.2 Å². The summed E-state index contributed by atoms with van der Waals surface area (Å²) in [5.74, 6) is 0. The van der Waals surface area contributed by atoms with E-state index in [9.17, 15) is 0 Å². The monoisotopic (exact) mass is 216 g/mol. The smallest absolute Gasteiger partial charge is 0.865 e. The second-order valence-corrected chi connectivity index (χ2v) is 0. The molecule has 9 heteroatoms. The molecule has 56 valence electrons. The topological polar surface area (TPSA) is 92.2 Å². The van der Waals surface area contributed by atoms with Crippen LogP contribution in [0.5, 0.6) is 0 Å². The van der Waals surface area contributed by atoms with Crippen molar-refractivity contribution in [2.75, 3.05) is 0 Å². The Morgan fingerprint density at radius 3 is 0.444 bits per heavy atom. The molecule has 0 saturated heterocycles. The van der Waals surface area contributed by atoms with Gasteiger partial charge in [-0.15, -0.1) is 0 Å². The van der Waals surface area contributed by atoms with Crippen LogP contribution in [0.15, 0.2) is 0 Å². The Morgan fingerprint density at radius 1 is 0.444 bits per heavy atom. The van der Waals surface area contributed by atoms with Gasteiger partial charge in [-0.3, -0.25) is 0 Å². The maximum absolute atomic E-state index is 8.39. The van der Waals surface area contributed by atoms with Crippen LogP contribution in [0.4, 0.5) is 0 Å². The van der Waals surface area contributed by atoms with E-state index in [0.717, 1.165) is 0 Å². The third-order valence-electron chi connectivity index (χ3n) is 0. The van der Waals surface area contributed by atoms with Crippen molar-refractivity contribution in [3.05, 3.63) is 0 Å². The van der Waals surface area contributed by atoms with Crippen LogP contribution in [-0.4, -0.2) is 52.9 Å². The molecule has 0 aromatic rings. The largest absolute Gasteiger partial charge is 4.00 e. The molecule has 0 atom stereocenters. The predicted octanol–water partition coefficient (Wildman–Crippen LogP) is -9.87. The van der Waals surface area contributed by atoms with Gasteiger partial charge in [-0.05, 0) is 0 Å². The maximum Gasteiger partial charge on any atom is 4.00 e. The third-order valence-corrected chi connectivity index (χ3v) is 0. The van der Waals surface area contributed by atoms with E-state index in [4.69, 9.17) is 19.2 Å². The summed E-state index contributed by atoms with van der Waals surface area (Å²) in [5, 5.41) is 0. The van der Waals surface area contributed by atoms with E-state index in [1.807, 2.05) is 0 Å². The molecule has 0 heterocycles. The summed E-state index contributed by atoms with van der Waals surface area (Å²) in [6.45, 7) is 0. The molecule has 0 radical (unpaired) electrons. The Hall–Kier alpha value is 0.924. The fraction of sp³-hybridized carbons (Fsp3) is 0. The van der Waals surface area contributed by atoms with Gasteiger partial charge in [-0.25, -0.2) is 0 Å². The molecule has 0 fully saturated rings. The van der Waals surface area contributed by atoms with Crippen LogP contribution in [-0.2, 0) is 0 Å². The zero-order valence-corrected chi connectivity index (χ0v) is 15.1. The maximum atomic E-state index is 8.39. The number of rotatable bonds is 0. The molecule has 0 rings (SSSR count). The quantitative estimate of drug-likeness (QED) is 0.376. The van der Waals surface area contributed by atoms with E-state index in [2.05, 4.69) is 0 Å². The van der Waals surface area contributed by atoms with Crippen LogP contribution in [0.25, 0.3) is 0 Å². The predicted molar refractivity (Wildman–Crippen MR) is 45.5 cm³/mol. The van der Waals surface area contributed by atoms with E-state index in [-0.39, 0.29) is 52.9 Å². The molecule has 0 spiro atoms. The SMILES string of the molecule is [O-][SiH3].[O-][SiH3].[O-][SiH3].[O-][SiH3].[Si+4]. The van der Waals surface area contributed by atoms with Crippen LogP contribution in [0, 0.1) is 0 Å². The molecule has 0 aromatic heterocycles. The molecule has 0 aromatic carbocycles. The molecule has 4 nitrogen and oxygen atoms in total. The summed E-state index contributed by atoms with van der Waals surface area (Å²) in [6, 6.07) is 0. The van der Waals surface area contributed by atoms with Crippen LogP contribution in [0.2, 0.25) is 0 Å². The fourth-order valence-electron chi connectivity index (χ4n) is 0. The van der Waals surface area contributed by atoms with Gasteiger partial charge >= 0.3 is 11.0 Å². The Morgan fingerprint density at radius 2 is 0.444 bits per heavy atom. The molecule has 0 saturated carbocycles. The first-order chi connectivity index (χ1) is 4.00. The molecule has 9 heavy (non-hydrogen) atoms. The Kier molecular flexibility index (Phi) is 2380. The van der Waals surface area contributed by atoms with E-state index < -0.39 is 0 Å². The van der Waals surface area contributed by atoms with Crippen molar-refractivity contribution >= 4 is 52.9 Å². The Balaban J connectivity index is -0.00000000762. The fourth-order valence-corrected chi connectivity index (χ4v) is 0. The molecule has 0 N–H and O–H groups in total.